The maximum atomic E-state index is 13.0. The number of alkyl halides is 3. The average molecular weight is 475 g/mol. The Balaban J connectivity index is 0.000000406. The fraction of sp³-hybridized carbons (Fsp3) is 0.348. The van der Waals surface area contributed by atoms with Crippen LogP contribution >= 0.6 is 0 Å². The normalized spacial score (nSPS) is 13.4. The predicted octanol–water partition coefficient (Wildman–Crippen LogP) is 3.67. The van der Waals surface area contributed by atoms with Gasteiger partial charge in [0, 0.05) is 47.6 Å². The first-order valence-electron chi connectivity index (χ1n) is 10.5. The van der Waals surface area contributed by atoms with Gasteiger partial charge in [0.05, 0.1) is 5.69 Å². The van der Waals surface area contributed by atoms with Crippen molar-refractivity contribution in [1.82, 2.24) is 25.1 Å². The Kier molecular flexibility index (Phi) is 7.33. The number of H-pyrrole nitrogens is 1. The zero-order valence-electron chi connectivity index (χ0n) is 18.9. The summed E-state index contributed by atoms with van der Waals surface area (Å²) in [6.07, 6.45) is -2.07. The molecule has 0 unspecified atom stereocenters. The van der Waals surface area contributed by atoms with Crippen molar-refractivity contribution in [1.29, 1.82) is 0 Å². The second-order valence-corrected chi connectivity index (χ2v) is 7.87. The summed E-state index contributed by atoms with van der Waals surface area (Å²) < 4.78 is 31.7. The fourth-order valence-corrected chi connectivity index (χ4v) is 3.65. The first-order chi connectivity index (χ1) is 16.0. The molecule has 0 aliphatic carbocycles. The van der Waals surface area contributed by atoms with Crippen molar-refractivity contribution in [2.24, 2.45) is 0 Å². The van der Waals surface area contributed by atoms with Crippen LogP contribution in [0.2, 0.25) is 0 Å². The Bertz CT molecular complexity index is 1210. The molecule has 0 radical (unpaired) electrons. The summed E-state index contributed by atoms with van der Waals surface area (Å²) in [7, 11) is 0. The summed E-state index contributed by atoms with van der Waals surface area (Å²) in [4.78, 5) is 32.2. The summed E-state index contributed by atoms with van der Waals surface area (Å²) in [5.74, 6) is -2.78. The molecular weight excluding hydrogens is 451 g/mol. The van der Waals surface area contributed by atoms with Gasteiger partial charge in [-0.3, -0.25) is 9.89 Å². The molecule has 0 bridgehead atoms. The minimum absolute atomic E-state index is 0.0199. The van der Waals surface area contributed by atoms with E-state index in [4.69, 9.17) is 9.90 Å². The first kappa shape index (κ1) is 24.9. The van der Waals surface area contributed by atoms with Crippen molar-refractivity contribution < 1.29 is 27.9 Å². The largest absolute Gasteiger partial charge is 0.490 e. The van der Waals surface area contributed by atoms with E-state index < -0.39 is 12.1 Å². The van der Waals surface area contributed by atoms with Crippen LogP contribution in [0.5, 0.6) is 0 Å². The number of aromatic amines is 1. The Labute approximate surface area is 193 Å². The van der Waals surface area contributed by atoms with E-state index in [1.54, 1.807) is 0 Å². The third-order valence-corrected chi connectivity index (χ3v) is 5.68. The van der Waals surface area contributed by atoms with E-state index in [0.29, 0.717) is 18.8 Å². The molecule has 180 valence electrons. The van der Waals surface area contributed by atoms with Crippen LogP contribution in [0.1, 0.15) is 38.6 Å². The molecule has 1 aliphatic heterocycles. The molecule has 2 N–H and O–H groups in total. The zero-order valence-corrected chi connectivity index (χ0v) is 18.9. The van der Waals surface area contributed by atoms with E-state index in [-0.39, 0.29) is 5.91 Å². The van der Waals surface area contributed by atoms with Crippen molar-refractivity contribution in [3.63, 3.8) is 0 Å². The number of benzene rings is 1. The summed E-state index contributed by atoms with van der Waals surface area (Å²) in [6.45, 7) is 7.23. The van der Waals surface area contributed by atoms with Gasteiger partial charge < -0.3 is 10.0 Å². The van der Waals surface area contributed by atoms with Gasteiger partial charge in [-0.15, -0.1) is 0 Å². The lowest BCUT2D eigenvalue weighted by Gasteiger charge is -2.21. The van der Waals surface area contributed by atoms with E-state index in [1.165, 1.54) is 17.5 Å². The first-order valence-corrected chi connectivity index (χ1v) is 10.5. The van der Waals surface area contributed by atoms with Crippen LogP contribution in [0.3, 0.4) is 0 Å². The molecule has 1 aliphatic rings. The van der Waals surface area contributed by atoms with E-state index in [1.807, 2.05) is 30.9 Å². The number of aromatic nitrogens is 4. The van der Waals surface area contributed by atoms with Crippen LogP contribution in [-0.2, 0) is 17.6 Å². The molecule has 3 aromatic rings. The number of nitrogens with one attached hydrogen (secondary N) is 1. The highest BCUT2D eigenvalue weighted by atomic mass is 19.4. The van der Waals surface area contributed by atoms with E-state index in [0.717, 1.165) is 41.1 Å². The summed E-state index contributed by atoms with van der Waals surface area (Å²) in [5.41, 5.74) is 7.91. The van der Waals surface area contributed by atoms with E-state index in [9.17, 15) is 18.0 Å². The highest BCUT2D eigenvalue weighted by Crippen LogP contribution is 2.29. The Morgan fingerprint density at radius 3 is 2.35 bits per heavy atom. The minimum Gasteiger partial charge on any atom is -0.475 e. The van der Waals surface area contributed by atoms with Gasteiger partial charge in [-0.05, 0) is 32.8 Å². The van der Waals surface area contributed by atoms with Crippen LogP contribution in [0.4, 0.5) is 13.2 Å². The van der Waals surface area contributed by atoms with Crippen LogP contribution < -0.4 is 0 Å². The molecule has 1 amide bonds. The van der Waals surface area contributed by atoms with Gasteiger partial charge in [0.1, 0.15) is 12.0 Å². The molecule has 0 saturated heterocycles. The number of halogens is 3. The number of carbonyl (C=O) groups excluding carboxylic acids is 1. The number of hydrogen-bond donors (Lipinski definition) is 2. The molecule has 0 atom stereocenters. The van der Waals surface area contributed by atoms with Gasteiger partial charge in [0.25, 0.3) is 5.91 Å². The van der Waals surface area contributed by atoms with Crippen molar-refractivity contribution in [3.05, 3.63) is 64.4 Å². The molecule has 0 fully saturated rings. The Hall–Kier alpha value is -3.76. The van der Waals surface area contributed by atoms with Gasteiger partial charge in [-0.25, -0.2) is 14.8 Å². The van der Waals surface area contributed by atoms with E-state index >= 15 is 0 Å². The Morgan fingerprint density at radius 2 is 1.71 bits per heavy atom. The lowest BCUT2D eigenvalue weighted by molar-refractivity contribution is -0.192. The molecule has 1 aromatic carbocycles. The third kappa shape index (κ3) is 5.41. The number of aryl methyl sites for hydroxylation is 2. The topological polar surface area (TPSA) is 112 Å². The predicted molar refractivity (Wildman–Crippen MR) is 117 cm³/mol. The van der Waals surface area contributed by atoms with Crippen LogP contribution in [-0.4, -0.2) is 61.3 Å². The lowest BCUT2D eigenvalue weighted by atomic mass is 9.99. The monoisotopic (exact) mass is 475 g/mol. The average Bonchev–Trinajstić information content (AvgIpc) is 3.06. The molecule has 2 aromatic heterocycles. The zero-order chi connectivity index (χ0) is 25.0. The summed E-state index contributed by atoms with van der Waals surface area (Å²) in [5, 5.41) is 14.9. The lowest BCUT2D eigenvalue weighted by Crippen LogP contribution is -2.34. The number of carbonyl (C=O) groups is 2. The van der Waals surface area contributed by atoms with Gasteiger partial charge in [-0.2, -0.15) is 18.3 Å². The van der Waals surface area contributed by atoms with Crippen molar-refractivity contribution in [2.45, 2.75) is 39.8 Å². The molecule has 0 spiro atoms. The maximum absolute atomic E-state index is 13.0. The number of aliphatic carboxylic acids is 1. The highest BCUT2D eigenvalue weighted by Gasteiger charge is 2.38. The van der Waals surface area contributed by atoms with Gasteiger partial charge >= 0.3 is 12.1 Å². The molecule has 4 rings (SSSR count). The number of rotatable bonds is 2. The maximum Gasteiger partial charge on any atom is 0.490 e. The summed E-state index contributed by atoms with van der Waals surface area (Å²) >= 11 is 0. The number of nitrogens with zero attached hydrogens (tertiary/aromatic N) is 4. The third-order valence-electron chi connectivity index (χ3n) is 5.68. The van der Waals surface area contributed by atoms with Gasteiger partial charge in [0.2, 0.25) is 0 Å². The Morgan fingerprint density at radius 1 is 1.06 bits per heavy atom. The molecule has 0 saturated carbocycles. The molecular formula is C23H24F3N5O3. The molecule has 3 heterocycles. The van der Waals surface area contributed by atoms with Crippen molar-refractivity contribution >= 4 is 11.9 Å². The molecule has 8 nitrogen and oxygen atoms in total. The van der Waals surface area contributed by atoms with Gasteiger partial charge in [0.15, 0.2) is 0 Å². The minimum atomic E-state index is -5.08. The van der Waals surface area contributed by atoms with E-state index in [2.05, 4.69) is 39.2 Å². The standard InChI is InChI=1S/C21H23N5O.C2HF3O2/c1-13-6-4-5-7-16(13)20-17-8-10-26(11-9-18(17)24-25-20)21(27)19-14(2)15(3)22-12-23-19;3-2(4,5)1(6)7/h4-7,12H,8-11H2,1-3H3,(H,24,25);(H,6,7). The van der Waals surface area contributed by atoms with Crippen molar-refractivity contribution in [2.75, 3.05) is 13.1 Å². The molecule has 11 heteroatoms. The van der Waals surface area contributed by atoms with Gasteiger partial charge in [-0.1, -0.05) is 24.3 Å². The number of carboxylic acid groups (broad SMARTS) is 1. The second-order valence-electron chi connectivity index (χ2n) is 7.87. The SMILES string of the molecule is Cc1ccccc1-c1n[nH]c2c1CCN(C(=O)c1ncnc(C)c1C)CC2.O=C(O)C(F)(F)F. The van der Waals surface area contributed by atoms with Crippen LogP contribution in [0, 0.1) is 20.8 Å². The number of fused-ring (bicyclic) bond motifs is 1. The molecule has 34 heavy (non-hydrogen) atoms. The van der Waals surface area contributed by atoms with Crippen LogP contribution in [0.15, 0.2) is 30.6 Å². The number of hydrogen-bond acceptors (Lipinski definition) is 5. The number of amides is 1. The highest BCUT2D eigenvalue weighted by molar-refractivity contribution is 5.94. The fourth-order valence-electron chi connectivity index (χ4n) is 3.65. The summed E-state index contributed by atoms with van der Waals surface area (Å²) in [6, 6.07) is 8.28. The number of carboxylic acids is 1. The second kappa shape index (κ2) is 10.0. The van der Waals surface area contributed by atoms with Crippen LogP contribution in [0.25, 0.3) is 11.3 Å². The smallest absolute Gasteiger partial charge is 0.475 e. The van der Waals surface area contributed by atoms with Crippen molar-refractivity contribution in [3.8, 4) is 11.3 Å². The quantitative estimate of drug-likeness (QED) is 0.585.